The van der Waals surface area contributed by atoms with Gasteiger partial charge in [0.1, 0.15) is 5.82 Å². The Balaban J connectivity index is 0.000000535. The van der Waals surface area contributed by atoms with Gasteiger partial charge in [-0.05, 0) is 64.9 Å². The molecule has 1 saturated carbocycles. The SMILES string of the molecule is O=C(O)O.O=S(=O)(N[C@H]1C[C@@H]1c1ccccc1)c1ccc2c(c1)Cc1cc(F)ccc1-2. The molecule has 3 aromatic rings. The Morgan fingerprint density at radius 1 is 0.935 bits per heavy atom. The van der Waals surface area contributed by atoms with Crippen LogP contribution in [0.1, 0.15) is 29.0 Å². The van der Waals surface area contributed by atoms with Crippen molar-refractivity contribution in [2.45, 2.75) is 29.7 Å². The number of halogens is 1. The first-order valence-corrected chi connectivity index (χ1v) is 11.1. The quantitative estimate of drug-likeness (QED) is 0.434. The summed E-state index contributed by atoms with van der Waals surface area (Å²) in [5.41, 5.74) is 4.96. The Morgan fingerprint density at radius 2 is 1.55 bits per heavy atom. The third-order valence-corrected chi connectivity index (χ3v) is 6.94. The number of rotatable bonds is 4. The molecule has 3 aromatic carbocycles. The number of sulfonamides is 1. The average Bonchev–Trinajstić information content (AvgIpc) is 3.37. The number of carbonyl (C=O) groups is 1. The molecule has 0 heterocycles. The minimum absolute atomic E-state index is 0.0584. The van der Waals surface area contributed by atoms with Crippen LogP contribution < -0.4 is 4.72 Å². The molecule has 2 aliphatic carbocycles. The van der Waals surface area contributed by atoms with E-state index >= 15 is 0 Å². The van der Waals surface area contributed by atoms with E-state index in [1.165, 1.54) is 12.1 Å². The highest BCUT2D eigenvalue weighted by Gasteiger charge is 2.41. The molecular formula is C23H20FNO5S. The Hall–Kier alpha value is -3.23. The topological polar surface area (TPSA) is 104 Å². The summed E-state index contributed by atoms with van der Waals surface area (Å²) in [5, 5.41) is 13.9. The van der Waals surface area contributed by atoms with Crippen molar-refractivity contribution < 1.29 is 27.8 Å². The van der Waals surface area contributed by atoms with E-state index in [0.29, 0.717) is 6.42 Å². The molecular weight excluding hydrogens is 421 g/mol. The van der Waals surface area contributed by atoms with Gasteiger partial charge in [-0.3, -0.25) is 0 Å². The summed E-state index contributed by atoms with van der Waals surface area (Å²) in [5.74, 6) is -0.0283. The van der Waals surface area contributed by atoms with Gasteiger partial charge in [0.25, 0.3) is 0 Å². The normalized spacial score (nSPS) is 18.4. The fraction of sp³-hybridized carbons (Fsp3) is 0.174. The maximum absolute atomic E-state index is 13.5. The summed E-state index contributed by atoms with van der Waals surface area (Å²) in [7, 11) is -3.58. The first kappa shape index (κ1) is 21.0. The number of carboxylic acid groups (broad SMARTS) is 2. The van der Waals surface area contributed by atoms with Crippen molar-refractivity contribution >= 4 is 16.2 Å². The highest BCUT2D eigenvalue weighted by Crippen LogP contribution is 2.42. The molecule has 2 aliphatic rings. The van der Waals surface area contributed by atoms with E-state index in [2.05, 4.69) is 4.72 Å². The predicted octanol–water partition coefficient (Wildman–Crippen LogP) is 4.45. The van der Waals surface area contributed by atoms with Gasteiger partial charge in [0.15, 0.2) is 0 Å². The molecule has 0 saturated heterocycles. The second-order valence-corrected chi connectivity index (χ2v) is 9.27. The van der Waals surface area contributed by atoms with Crippen LogP contribution in [0.25, 0.3) is 11.1 Å². The molecule has 0 radical (unpaired) electrons. The lowest BCUT2D eigenvalue weighted by Crippen LogP contribution is -2.27. The second-order valence-electron chi connectivity index (χ2n) is 7.56. The molecule has 0 spiro atoms. The van der Waals surface area contributed by atoms with Crippen LogP contribution in [0.15, 0.2) is 71.6 Å². The summed E-state index contributed by atoms with van der Waals surface area (Å²) in [6.07, 6.45) is -0.458. The molecule has 8 heteroatoms. The van der Waals surface area contributed by atoms with E-state index in [1.54, 1.807) is 18.2 Å². The zero-order valence-corrected chi connectivity index (χ0v) is 17.1. The third kappa shape index (κ3) is 4.60. The molecule has 1 fully saturated rings. The summed E-state index contributed by atoms with van der Waals surface area (Å²) in [4.78, 5) is 8.83. The molecule has 0 bridgehead atoms. The lowest BCUT2D eigenvalue weighted by molar-refractivity contribution is 0.137. The minimum Gasteiger partial charge on any atom is -0.450 e. The van der Waals surface area contributed by atoms with Crippen molar-refractivity contribution in [1.82, 2.24) is 4.72 Å². The van der Waals surface area contributed by atoms with Crippen LogP contribution in [0.4, 0.5) is 9.18 Å². The lowest BCUT2D eigenvalue weighted by atomic mass is 10.1. The minimum atomic E-state index is -3.58. The van der Waals surface area contributed by atoms with Crippen LogP contribution >= 0.6 is 0 Å². The van der Waals surface area contributed by atoms with E-state index < -0.39 is 16.2 Å². The van der Waals surface area contributed by atoms with Crippen LogP contribution in [0.5, 0.6) is 0 Å². The van der Waals surface area contributed by atoms with E-state index in [-0.39, 0.29) is 22.7 Å². The maximum atomic E-state index is 13.5. The summed E-state index contributed by atoms with van der Waals surface area (Å²) in [6.45, 7) is 0. The van der Waals surface area contributed by atoms with Crippen LogP contribution in [0.2, 0.25) is 0 Å². The van der Waals surface area contributed by atoms with Gasteiger partial charge < -0.3 is 10.2 Å². The number of hydrogen-bond acceptors (Lipinski definition) is 3. The molecule has 6 nitrogen and oxygen atoms in total. The Bertz CT molecular complexity index is 1240. The Labute approximate surface area is 179 Å². The van der Waals surface area contributed by atoms with Gasteiger partial charge in [-0.1, -0.05) is 42.5 Å². The van der Waals surface area contributed by atoms with Gasteiger partial charge in [-0.25, -0.2) is 22.3 Å². The van der Waals surface area contributed by atoms with Gasteiger partial charge in [0.05, 0.1) is 4.90 Å². The first-order valence-electron chi connectivity index (χ1n) is 9.65. The molecule has 5 rings (SSSR count). The second kappa shape index (κ2) is 8.13. The number of nitrogens with one attached hydrogen (secondary N) is 1. The van der Waals surface area contributed by atoms with Gasteiger partial charge in [-0.15, -0.1) is 0 Å². The number of hydrogen-bond donors (Lipinski definition) is 3. The Kier molecular flexibility index (Phi) is 5.51. The molecule has 160 valence electrons. The lowest BCUT2D eigenvalue weighted by Gasteiger charge is -2.09. The van der Waals surface area contributed by atoms with Crippen molar-refractivity contribution in [3.8, 4) is 11.1 Å². The van der Waals surface area contributed by atoms with Crippen molar-refractivity contribution in [2.75, 3.05) is 0 Å². The van der Waals surface area contributed by atoms with Crippen molar-refractivity contribution in [3.63, 3.8) is 0 Å². The monoisotopic (exact) mass is 441 g/mol. The fourth-order valence-corrected chi connectivity index (χ4v) is 5.32. The van der Waals surface area contributed by atoms with Crippen LogP contribution in [0, 0.1) is 5.82 Å². The van der Waals surface area contributed by atoms with Crippen molar-refractivity contribution in [3.05, 3.63) is 89.2 Å². The summed E-state index contributed by atoms with van der Waals surface area (Å²) < 4.78 is 41.9. The zero-order chi connectivity index (χ0) is 22.2. The van der Waals surface area contributed by atoms with Gasteiger partial charge in [-0.2, -0.15) is 0 Å². The Morgan fingerprint density at radius 3 is 2.23 bits per heavy atom. The highest BCUT2D eigenvalue weighted by atomic mass is 32.2. The van der Waals surface area contributed by atoms with Crippen LogP contribution in [-0.2, 0) is 16.4 Å². The highest BCUT2D eigenvalue weighted by molar-refractivity contribution is 7.89. The van der Waals surface area contributed by atoms with Gasteiger partial charge in [0, 0.05) is 12.0 Å². The standard InChI is InChI=1S/C22H18FNO2S.CH2O3/c23-17-6-8-19-15(11-17)10-16-12-18(7-9-20(16)19)27(25,26)24-22-13-21(22)14-4-2-1-3-5-14;2-1(3)4/h1-9,11-12,21-22,24H,10,13H2;(H2,2,3,4)/t21-,22+;/m1./s1. The van der Waals surface area contributed by atoms with Crippen molar-refractivity contribution in [1.29, 1.82) is 0 Å². The van der Waals surface area contributed by atoms with Crippen molar-refractivity contribution in [2.24, 2.45) is 0 Å². The molecule has 0 aromatic heterocycles. The van der Waals surface area contributed by atoms with Gasteiger partial charge >= 0.3 is 6.16 Å². The fourth-order valence-electron chi connectivity index (χ4n) is 3.98. The summed E-state index contributed by atoms with van der Waals surface area (Å²) in [6, 6.07) is 19.8. The van der Waals surface area contributed by atoms with E-state index in [0.717, 1.165) is 34.2 Å². The number of fused-ring (bicyclic) bond motifs is 3. The smallest absolute Gasteiger partial charge is 0.450 e. The molecule has 0 amide bonds. The molecule has 3 N–H and O–H groups in total. The molecule has 31 heavy (non-hydrogen) atoms. The summed E-state index contributed by atoms with van der Waals surface area (Å²) >= 11 is 0. The maximum Gasteiger partial charge on any atom is 0.503 e. The molecule has 0 aliphatic heterocycles. The third-order valence-electron chi connectivity index (χ3n) is 5.45. The zero-order valence-electron chi connectivity index (χ0n) is 16.3. The average molecular weight is 441 g/mol. The van der Waals surface area contributed by atoms with Crippen LogP contribution in [0.3, 0.4) is 0 Å². The largest absolute Gasteiger partial charge is 0.503 e. The molecule has 0 unspecified atom stereocenters. The molecule has 2 atom stereocenters. The first-order chi connectivity index (χ1) is 14.7. The van der Waals surface area contributed by atoms with E-state index in [1.807, 2.05) is 36.4 Å². The predicted molar refractivity (Wildman–Crippen MR) is 113 cm³/mol. The van der Waals surface area contributed by atoms with Crippen LogP contribution in [-0.4, -0.2) is 30.8 Å². The van der Waals surface area contributed by atoms with E-state index in [9.17, 15) is 12.8 Å². The van der Waals surface area contributed by atoms with Gasteiger partial charge in [0.2, 0.25) is 10.0 Å². The van der Waals surface area contributed by atoms with E-state index in [4.69, 9.17) is 15.0 Å². The number of benzene rings is 3.